The van der Waals surface area contributed by atoms with Crippen molar-refractivity contribution < 1.29 is 18.3 Å². The summed E-state index contributed by atoms with van der Waals surface area (Å²) in [4.78, 5) is 0. The van der Waals surface area contributed by atoms with Crippen LogP contribution in [0.2, 0.25) is 0 Å². The van der Waals surface area contributed by atoms with Crippen LogP contribution in [-0.4, -0.2) is 10.6 Å². The molecule has 0 radical (unpaired) electrons. The Morgan fingerprint density at radius 3 is 2.28 bits per heavy atom. The molecule has 1 aliphatic carbocycles. The maximum atomic E-state index is 12.9. The second kappa shape index (κ2) is 4.55. The predicted molar refractivity (Wildman–Crippen MR) is 61.8 cm³/mol. The SMILES string of the molecule is NC1(C(O)c2ccccc2C(F)(F)F)CCCC1. The average Bonchev–Trinajstić information content (AvgIpc) is 2.75. The Morgan fingerprint density at radius 1 is 1.17 bits per heavy atom. The first-order chi connectivity index (χ1) is 8.34. The second-order valence-corrected chi connectivity index (χ2v) is 4.93. The summed E-state index contributed by atoms with van der Waals surface area (Å²) in [5.41, 5.74) is 4.19. The molecule has 5 heteroatoms. The molecule has 1 atom stereocenters. The first kappa shape index (κ1) is 13.4. The number of alkyl halides is 3. The number of hydrogen-bond acceptors (Lipinski definition) is 2. The van der Waals surface area contributed by atoms with Crippen LogP contribution in [0.1, 0.15) is 42.9 Å². The standard InChI is InChI=1S/C13H16F3NO/c14-13(15,16)10-6-2-1-5-9(10)11(18)12(17)7-3-4-8-12/h1-2,5-6,11,18H,3-4,7-8,17H2. The zero-order valence-corrected chi connectivity index (χ0v) is 9.87. The zero-order chi connectivity index (χ0) is 13.4. The van der Waals surface area contributed by atoms with E-state index in [-0.39, 0.29) is 5.56 Å². The van der Waals surface area contributed by atoms with Crippen LogP contribution in [0.15, 0.2) is 24.3 Å². The maximum absolute atomic E-state index is 12.9. The molecule has 100 valence electrons. The Kier molecular flexibility index (Phi) is 3.38. The molecule has 1 unspecified atom stereocenters. The van der Waals surface area contributed by atoms with Gasteiger partial charge in [0.2, 0.25) is 0 Å². The van der Waals surface area contributed by atoms with Gasteiger partial charge in [-0.25, -0.2) is 0 Å². The lowest BCUT2D eigenvalue weighted by molar-refractivity contribution is -0.139. The molecule has 1 fully saturated rings. The summed E-state index contributed by atoms with van der Waals surface area (Å²) in [7, 11) is 0. The average molecular weight is 259 g/mol. The van der Waals surface area contributed by atoms with Crippen molar-refractivity contribution in [3.63, 3.8) is 0 Å². The van der Waals surface area contributed by atoms with Gasteiger partial charge in [-0.15, -0.1) is 0 Å². The van der Waals surface area contributed by atoms with E-state index < -0.39 is 23.4 Å². The van der Waals surface area contributed by atoms with Crippen LogP contribution >= 0.6 is 0 Å². The summed E-state index contributed by atoms with van der Waals surface area (Å²) < 4.78 is 38.6. The molecule has 1 aliphatic rings. The molecular weight excluding hydrogens is 243 g/mol. The van der Waals surface area contributed by atoms with Crippen molar-refractivity contribution in [1.82, 2.24) is 0 Å². The normalized spacial score (nSPS) is 20.9. The van der Waals surface area contributed by atoms with Gasteiger partial charge in [-0.2, -0.15) is 13.2 Å². The highest BCUT2D eigenvalue weighted by atomic mass is 19.4. The first-order valence-electron chi connectivity index (χ1n) is 5.98. The van der Waals surface area contributed by atoms with Gasteiger partial charge in [0.15, 0.2) is 0 Å². The molecule has 1 aromatic carbocycles. The van der Waals surface area contributed by atoms with Crippen LogP contribution < -0.4 is 5.73 Å². The fraction of sp³-hybridized carbons (Fsp3) is 0.538. The Morgan fingerprint density at radius 2 is 1.72 bits per heavy atom. The van der Waals surface area contributed by atoms with Gasteiger partial charge < -0.3 is 10.8 Å². The number of rotatable bonds is 2. The Labute approximate surface area is 104 Å². The fourth-order valence-electron chi connectivity index (χ4n) is 2.61. The molecule has 0 aliphatic heterocycles. The van der Waals surface area contributed by atoms with Gasteiger partial charge in [-0.1, -0.05) is 31.0 Å². The van der Waals surface area contributed by atoms with Crippen molar-refractivity contribution >= 4 is 0 Å². The maximum Gasteiger partial charge on any atom is 0.416 e. The topological polar surface area (TPSA) is 46.2 Å². The molecule has 1 saturated carbocycles. The van der Waals surface area contributed by atoms with Crippen LogP contribution in [0.3, 0.4) is 0 Å². The minimum Gasteiger partial charge on any atom is -0.386 e. The van der Waals surface area contributed by atoms with Crippen molar-refractivity contribution in [3.8, 4) is 0 Å². The summed E-state index contributed by atoms with van der Waals surface area (Å²) in [5, 5.41) is 10.2. The Bertz CT molecular complexity index is 424. The molecule has 18 heavy (non-hydrogen) atoms. The molecule has 2 rings (SSSR count). The number of aliphatic hydroxyl groups excluding tert-OH is 1. The van der Waals surface area contributed by atoms with Crippen LogP contribution in [0.4, 0.5) is 13.2 Å². The number of benzene rings is 1. The molecule has 0 amide bonds. The largest absolute Gasteiger partial charge is 0.416 e. The molecule has 0 heterocycles. The van der Waals surface area contributed by atoms with Crippen molar-refractivity contribution in [2.24, 2.45) is 5.73 Å². The van der Waals surface area contributed by atoms with Gasteiger partial charge in [0.05, 0.1) is 11.7 Å². The molecule has 0 aromatic heterocycles. The van der Waals surface area contributed by atoms with Gasteiger partial charge in [0, 0.05) is 5.54 Å². The first-order valence-corrected chi connectivity index (χ1v) is 5.98. The van der Waals surface area contributed by atoms with E-state index in [1.54, 1.807) is 0 Å². The zero-order valence-electron chi connectivity index (χ0n) is 9.87. The molecule has 3 N–H and O–H groups in total. The van der Waals surface area contributed by atoms with E-state index in [9.17, 15) is 18.3 Å². The summed E-state index contributed by atoms with van der Waals surface area (Å²) in [5.74, 6) is 0. The van der Waals surface area contributed by atoms with E-state index in [0.717, 1.165) is 18.9 Å². The molecule has 0 spiro atoms. The highest BCUT2D eigenvalue weighted by Crippen LogP contribution is 2.42. The summed E-state index contributed by atoms with van der Waals surface area (Å²) >= 11 is 0. The van der Waals surface area contributed by atoms with Crippen molar-refractivity contribution in [2.75, 3.05) is 0 Å². The van der Waals surface area contributed by atoms with Crippen LogP contribution in [0.25, 0.3) is 0 Å². The molecular formula is C13H16F3NO. The minimum absolute atomic E-state index is 0.116. The second-order valence-electron chi connectivity index (χ2n) is 4.93. The Balaban J connectivity index is 2.39. The van der Waals surface area contributed by atoms with Gasteiger partial charge in [-0.3, -0.25) is 0 Å². The molecule has 0 bridgehead atoms. The monoisotopic (exact) mass is 259 g/mol. The van der Waals surface area contributed by atoms with Gasteiger partial charge >= 0.3 is 6.18 Å². The van der Waals surface area contributed by atoms with E-state index in [1.165, 1.54) is 18.2 Å². The Hall–Kier alpha value is -1.07. The fourth-order valence-corrected chi connectivity index (χ4v) is 2.61. The van der Waals surface area contributed by atoms with Crippen molar-refractivity contribution in [3.05, 3.63) is 35.4 Å². The summed E-state index contributed by atoms with van der Waals surface area (Å²) in [6.07, 6.45) is -2.92. The lowest BCUT2D eigenvalue weighted by atomic mass is 9.85. The van der Waals surface area contributed by atoms with Crippen molar-refractivity contribution in [2.45, 2.75) is 43.5 Å². The molecule has 2 nitrogen and oxygen atoms in total. The van der Waals surface area contributed by atoms with Gasteiger partial charge in [-0.05, 0) is 24.5 Å². The molecule has 1 aromatic rings. The van der Waals surface area contributed by atoms with E-state index in [0.29, 0.717) is 12.8 Å². The van der Waals surface area contributed by atoms with Crippen LogP contribution in [0.5, 0.6) is 0 Å². The quantitative estimate of drug-likeness (QED) is 0.857. The third-order valence-electron chi connectivity index (χ3n) is 3.64. The third kappa shape index (κ3) is 2.37. The predicted octanol–water partition coefficient (Wildman–Crippen LogP) is 3.01. The van der Waals surface area contributed by atoms with Gasteiger partial charge in [0.1, 0.15) is 0 Å². The van der Waals surface area contributed by atoms with E-state index >= 15 is 0 Å². The number of nitrogens with two attached hydrogens (primary N) is 1. The van der Waals surface area contributed by atoms with Gasteiger partial charge in [0.25, 0.3) is 0 Å². The highest BCUT2D eigenvalue weighted by Gasteiger charge is 2.42. The lowest BCUT2D eigenvalue weighted by Gasteiger charge is -2.31. The highest BCUT2D eigenvalue weighted by molar-refractivity contribution is 5.33. The minimum atomic E-state index is -4.47. The smallest absolute Gasteiger partial charge is 0.386 e. The van der Waals surface area contributed by atoms with E-state index in [4.69, 9.17) is 5.73 Å². The number of aliphatic hydroxyl groups is 1. The summed E-state index contributed by atoms with van der Waals surface area (Å²) in [6.45, 7) is 0. The third-order valence-corrected chi connectivity index (χ3v) is 3.64. The van der Waals surface area contributed by atoms with Crippen LogP contribution in [-0.2, 0) is 6.18 Å². The lowest BCUT2D eigenvalue weighted by Crippen LogP contribution is -2.43. The van der Waals surface area contributed by atoms with Crippen LogP contribution in [0, 0.1) is 0 Å². The summed E-state index contributed by atoms with van der Waals surface area (Å²) in [6, 6.07) is 5.10. The van der Waals surface area contributed by atoms with E-state index in [2.05, 4.69) is 0 Å². The number of halogens is 3. The molecule has 0 saturated heterocycles. The van der Waals surface area contributed by atoms with E-state index in [1.807, 2.05) is 0 Å². The van der Waals surface area contributed by atoms with Crippen molar-refractivity contribution in [1.29, 1.82) is 0 Å². The number of hydrogen-bond donors (Lipinski definition) is 2.